The maximum atomic E-state index is 4.06. The van der Waals surface area contributed by atoms with Crippen LogP contribution in [0, 0.1) is 17.3 Å². The highest BCUT2D eigenvalue weighted by atomic mass is 32.2. The van der Waals surface area contributed by atoms with Gasteiger partial charge in [-0.1, -0.05) is 40.5 Å². The zero-order valence-electron chi connectivity index (χ0n) is 12.7. The summed E-state index contributed by atoms with van der Waals surface area (Å²) in [6, 6.07) is 1.50. The Balaban J connectivity index is 1.97. The van der Waals surface area contributed by atoms with Crippen LogP contribution in [0.4, 0.5) is 0 Å². The van der Waals surface area contributed by atoms with Crippen molar-refractivity contribution in [2.24, 2.45) is 17.3 Å². The standard InChI is InChI=1S/C16H31NS/c1-12(2)13-7-5-6-8-14(13)17-15-11-18-10-9-16(15,3)4/h12-15,17H,5-11H2,1-4H3. The molecule has 3 atom stereocenters. The molecule has 0 spiro atoms. The van der Waals surface area contributed by atoms with Crippen LogP contribution >= 0.6 is 11.8 Å². The fourth-order valence-electron chi connectivity index (χ4n) is 3.63. The van der Waals surface area contributed by atoms with E-state index in [2.05, 4.69) is 44.8 Å². The molecule has 18 heavy (non-hydrogen) atoms. The number of nitrogens with one attached hydrogen (secondary N) is 1. The van der Waals surface area contributed by atoms with Crippen molar-refractivity contribution in [1.29, 1.82) is 0 Å². The van der Waals surface area contributed by atoms with Gasteiger partial charge in [0.05, 0.1) is 0 Å². The summed E-state index contributed by atoms with van der Waals surface area (Å²) in [5.41, 5.74) is 0.490. The van der Waals surface area contributed by atoms with Gasteiger partial charge in [-0.3, -0.25) is 0 Å². The summed E-state index contributed by atoms with van der Waals surface area (Å²) in [7, 11) is 0. The average molecular weight is 269 g/mol. The zero-order valence-corrected chi connectivity index (χ0v) is 13.5. The minimum absolute atomic E-state index is 0.490. The Hall–Kier alpha value is 0.310. The van der Waals surface area contributed by atoms with Crippen LogP contribution in [0.2, 0.25) is 0 Å². The molecule has 1 aliphatic heterocycles. The Bertz CT molecular complexity index is 262. The van der Waals surface area contributed by atoms with Crippen LogP contribution in [-0.4, -0.2) is 23.6 Å². The van der Waals surface area contributed by atoms with Crippen LogP contribution < -0.4 is 5.32 Å². The highest BCUT2D eigenvalue weighted by molar-refractivity contribution is 7.99. The van der Waals surface area contributed by atoms with Gasteiger partial charge < -0.3 is 5.32 Å². The van der Waals surface area contributed by atoms with Crippen LogP contribution in [0.25, 0.3) is 0 Å². The van der Waals surface area contributed by atoms with Crippen molar-refractivity contribution in [1.82, 2.24) is 5.32 Å². The van der Waals surface area contributed by atoms with E-state index >= 15 is 0 Å². The van der Waals surface area contributed by atoms with Crippen molar-refractivity contribution >= 4 is 11.8 Å². The van der Waals surface area contributed by atoms with Crippen molar-refractivity contribution in [2.45, 2.75) is 71.9 Å². The van der Waals surface area contributed by atoms with Crippen molar-refractivity contribution in [3.63, 3.8) is 0 Å². The molecule has 0 aromatic heterocycles. The molecule has 1 N–H and O–H groups in total. The largest absolute Gasteiger partial charge is 0.310 e. The van der Waals surface area contributed by atoms with E-state index in [0.717, 1.165) is 23.9 Å². The SMILES string of the molecule is CC(C)C1CCCCC1NC1CSCCC1(C)C. The summed E-state index contributed by atoms with van der Waals surface area (Å²) in [6.45, 7) is 9.73. The number of hydrogen-bond acceptors (Lipinski definition) is 2. The number of thioether (sulfide) groups is 1. The summed E-state index contributed by atoms with van der Waals surface area (Å²) < 4.78 is 0. The molecule has 1 heterocycles. The summed E-state index contributed by atoms with van der Waals surface area (Å²) in [5.74, 6) is 4.40. The molecule has 1 nitrogen and oxygen atoms in total. The summed E-state index contributed by atoms with van der Waals surface area (Å²) in [5, 5.41) is 4.06. The molecule has 1 saturated heterocycles. The minimum Gasteiger partial charge on any atom is -0.310 e. The van der Waals surface area contributed by atoms with Crippen molar-refractivity contribution < 1.29 is 0 Å². The molecule has 106 valence electrons. The lowest BCUT2D eigenvalue weighted by molar-refractivity contribution is 0.151. The Kier molecular flexibility index (Phi) is 5.05. The van der Waals surface area contributed by atoms with Gasteiger partial charge in [0.25, 0.3) is 0 Å². The van der Waals surface area contributed by atoms with Crippen LogP contribution in [-0.2, 0) is 0 Å². The molecule has 2 aliphatic rings. The fourth-order valence-corrected chi connectivity index (χ4v) is 5.25. The van der Waals surface area contributed by atoms with Crippen molar-refractivity contribution in [2.75, 3.05) is 11.5 Å². The normalized spacial score (nSPS) is 36.8. The first-order valence-electron chi connectivity index (χ1n) is 7.84. The molecule has 1 aliphatic carbocycles. The quantitative estimate of drug-likeness (QED) is 0.819. The molecule has 0 bridgehead atoms. The van der Waals surface area contributed by atoms with Gasteiger partial charge in [0.2, 0.25) is 0 Å². The first-order chi connectivity index (χ1) is 8.50. The molecular weight excluding hydrogens is 238 g/mol. The minimum atomic E-state index is 0.490. The second kappa shape index (κ2) is 6.17. The van der Waals surface area contributed by atoms with Crippen molar-refractivity contribution in [3.05, 3.63) is 0 Å². The Labute approximate surface area is 118 Å². The summed E-state index contributed by atoms with van der Waals surface area (Å²) in [4.78, 5) is 0. The molecule has 3 unspecified atom stereocenters. The van der Waals surface area contributed by atoms with E-state index in [-0.39, 0.29) is 0 Å². The average Bonchev–Trinajstić information content (AvgIpc) is 2.32. The van der Waals surface area contributed by atoms with E-state index in [0.29, 0.717) is 5.41 Å². The summed E-state index contributed by atoms with van der Waals surface area (Å²) >= 11 is 2.14. The first kappa shape index (κ1) is 14.7. The molecular formula is C16H31NS. The second-order valence-corrected chi connectivity index (χ2v) is 8.48. The molecule has 0 radical (unpaired) electrons. The van der Waals surface area contributed by atoms with Gasteiger partial charge in [-0.15, -0.1) is 0 Å². The molecule has 1 saturated carbocycles. The van der Waals surface area contributed by atoms with E-state index in [4.69, 9.17) is 0 Å². The third-order valence-corrected chi connectivity index (χ3v) is 6.27. The molecule has 2 fully saturated rings. The number of hydrogen-bond donors (Lipinski definition) is 1. The first-order valence-corrected chi connectivity index (χ1v) is 9.00. The van der Waals surface area contributed by atoms with E-state index < -0.39 is 0 Å². The third kappa shape index (κ3) is 3.45. The topological polar surface area (TPSA) is 12.0 Å². The van der Waals surface area contributed by atoms with Crippen LogP contribution in [0.1, 0.15) is 59.8 Å². The summed E-state index contributed by atoms with van der Waals surface area (Å²) in [6.07, 6.45) is 7.09. The van der Waals surface area contributed by atoms with E-state index in [1.807, 2.05) is 0 Å². The van der Waals surface area contributed by atoms with Gasteiger partial charge in [0, 0.05) is 17.8 Å². The predicted molar refractivity (Wildman–Crippen MR) is 83.2 cm³/mol. The van der Waals surface area contributed by atoms with E-state index in [1.54, 1.807) is 0 Å². The maximum absolute atomic E-state index is 4.06. The third-order valence-electron chi connectivity index (χ3n) is 5.21. The fraction of sp³-hybridized carbons (Fsp3) is 1.00. The van der Waals surface area contributed by atoms with Crippen LogP contribution in [0.5, 0.6) is 0 Å². The molecule has 0 aromatic rings. The predicted octanol–water partition coefficient (Wildman–Crippen LogP) is 4.32. The lowest BCUT2D eigenvalue weighted by Crippen LogP contribution is -2.54. The highest BCUT2D eigenvalue weighted by Crippen LogP contribution is 2.37. The Morgan fingerprint density at radius 1 is 1.17 bits per heavy atom. The molecule has 2 heteroatoms. The monoisotopic (exact) mass is 269 g/mol. The van der Waals surface area contributed by atoms with Gasteiger partial charge in [-0.25, -0.2) is 0 Å². The molecule has 0 amide bonds. The van der Waals surface area contributed by atoms with Gasteiger partial charge in [-0.2, -0.15) is 11.8 Å². The Morgan fingerprint density at radius 3 is 2.56 bits per heavy atom. The smallest absolute Gasteiger partial charge is 0.0212 e. The highest BCUT2D eigenvalue weighted by Gasteiger charge is 2.36. The van der Waals surface area contributed by atoms with Gasteiger partial charge in [-0.05, 0) is 42.3 Å². The van der Waals surface area contributed by atoms with Crippen LogP contribution in [0.15, 0.2) is 0 Å². The van der Waals surface area contributed by atoms with Gasteiger partial charge >= 0.3 is 0 Å². The number of rotatable bonds is 3. The lowest BCUT2D eigenvalue weighted by atomic mass is 9.75. The maximum Gasteiger partial charge on any atom is 0.0212 e. The Morgan fingerprint density at radius 2 is 1.89 bits per heavy atom. The zero-order chi connectivity index (χ0) is 13.2. The van der Waals surface area contributed by atoms with Gasteiger partial charge in [0.15, 0.2) is 0 Å². The van der Waals surface area contributed by atoms with E-state index in [1.165, 1.54) is 43.6 Å². The van der Waals surface area contributed by atoms with Crippen molar-refractivity contribution in [3.8, 4) is 0 Å². The molecule has 0 aromatic carbocycles. The molecule has 2 rings (SSSR count). The van der Waals surface area contributed by atoms with Gasteiger partial charge in [0.1, 0.15) is 0 Å². The van der Waals surface area contributed by atoms with Crippen LogP contribution in [0.3, 0.4) is 0 Å². The lowest BCUT2D eigenvalue weighted by Gasteiger charge is -2.44. The second-order valence-electron chi connectivity index (χ2n) is 7.33. The van der Waals surface area contributed by atoms with E-state index in [9.17, 15) is 0 Å².